The maximum Gasteiger partial charge on any atom is 0.155 e. The van der Waals surface area contributed by atoms with E-state index in [1.54, 1.807) is 0 Å². The van der Waals surface area contributed by atoms with Crippen LogP contribution < -0.4 is 5.32 Å². The highest BCUT2D eigenvalue weighted by molar-refractivity contribution is 5.90. The number of nitrogens with zero attached hydrogens (tertiary/aromatic N) is 2. The summed E-state index contributed by atoms with van der Waals surface area (Å²) in [5, 5.41) is 12.1. The van der Waals surface area contributed by atoms with Gasteiger partial charge in [-0.1, -0.05) is 11.6 Å². The standard InChI is InChI=1S/C16H24N4O/c1-12-4-5-15-14(10-12)16(19-18-15)17-6-3-7-20-8-9-21-11-13(20)2/h4-5,10,13H,3,6-9,11H2,1-2H3,(H2,17,18,19). The van der Waals surface area contributed by atoms with Gasteiger partial charge in [0.05, 0.1) is 18.7 Å². The van der Waals surface area contributed by atoms with Gasteiger partial charge in [0.1, 0.15) is 0 Å². The largest absolute Gasteiger partial charge is 0.379 e. The van der Waals surface area contributed by atoms with E-state index >= 15 is 0 Å². The molecule has 0 aliphatic carbocycles. The molecule has 0 radical (unpaired) electrons. The van der Waals surface area contributed by atoms with Crippen LogP contribution in [0.25, 0.3) is 10.9 Å². The Hall–Kier alpha value is -1.59. The van der Waals surface area contributed by atoms with Gasteiger partial charge in [0.25, 0.3) is 0 Å². The highest BCUT2D eigenvalue weighted by atomic mass is 16.5. The highest BCUT2D eigenvalue weighted by Gasteiger charge is 2.17. The summed E-state index contributed by atoms with van der Waals surface area (Å²) in [6, 6.07) is 6.89. The number of aryl methyl sites for hydroxylation is 1. The lowest BCUT2D eigenvalue weighted by atomic mass is 10.2. The number of aromatic amines is 1. The van der Waals surface area contributed by atoms with Gasteiger partial charge in [0.2, 0.25) is 0 Å². The molecule has 0 spiro atoms. The van der Waals surface area contributed by atoms with Crippen molar-refractivity contribution in [2.45, 2.75) is 26.3 Å². The maximum absolute atomic E-state index is 5.47. The van der Waals surface area contributed by atoms with E-state index in [4.69, 9.17) is 4.74 Å². The minimum Gasteiger partial charge on any atom is -0.379 e. The Labute approximate surface area is 125 Å². The molecule has 114 valence electrons. The van der Waals surface area contributed by atoms with Crippen LogP contribution in [-0.4, -0.2) is 54.0 Å². The van der Waals surface area contributed by atoms with E-state index in [0.29, 0.717) is 6.04 Å². The Bertz CT molecular complexity index is 595. The molecule has 5 heteroatoms. The second-order valence-electron chi connectivity index (χ2n) is 5.86. The highest BCUT2D eigenvalue weighted by Crippen LogP contribution is 2.21. The molecule has 0 amide bonds. The third-order valence-electron chi connectivity index (χ3n) is 4.14. The summed E-state index contributed by atoms with van der Waals surface area (Å²) in [7, 11) is 0. The minimum absolute atomic E-state index is 0.535. The van der Waals surface area contributed by atoms with Crippen LogP contribution in [0.3, 0.4) is 0 Å². The summed E-state index contributed by atoms with van der Waals surface area (Å²) < 4.78 is 5.47. The normalized spacial score (nSPS) is 20.0. The SMILES string of the molecule is Cc1ccc2[nH]nc(NCCCN3CCOCC3C)c2c1. The van der Waals surface area contributed by atoms with Crippen molar-refractivity contribution in [2.75, 3.05) is 38.2 Å². The monoisotopic (exact) mass is 288 g/mol. The number of hydrogen-bond donors (Lipinski definition) is 2. The van der Waals surface area contributed by atoms with Gasteiger partial charge in [-0.05, 0) is 32.4 Å². The van der Waals surface area contributed by atoms with E-state index in [2.05, 4.69) is 52.5 Å². The number of H-pyrrole nitrogens is 1. The molecule has 0 bridgehead atoms. The zero-order valence-electron chi connectivity index (χ0n) is 12.9. The maximum atomic E-state index is 5.47. The van der Waals surface area contributed by atoms with Crippen molar-refractivity contribution in [1.29, 1.82) is 0 Å². The number of anilines is 1. The number of fused-ring (bicyclic) bond motifs is 1. The van der Waals surface area contributed by atoms with Crippen LogP contribution in [0.2, 0.25) is 0 Å². The first-order chi connectivity index (χ1) is 10.2. The van der Waals surface area contributed by atoms with Gasteiger partial charge in [0.15, 0.2) is 5.82 Å². The third-order valence-corrected chi connectivity index (χ3v) is 4.14. The van der Waals surface area contributed by atoms with Crippen LogP contribution in [0, 0.1) is 6.92 Å². The van der Waals surface area contributed by atoms with Crippen LogP contribution in [0.5, 0.6) is 0 Å². The van der Waals surface area contributed by atoms with Crippen LogP contribution in [0.4, 0.5) is 5.82 Å². The van der Waals surface area contributed by atoms with Gasteiger partial charge in [-0.2, -0.15) is 5.10 Å². The van der Waals surface area contributed by atoms with Crippen LogP contribution in [-0.2, 0) is 4.74 Å². The smallest absolute Gasteiger partial charge is 0.155 e. The molecule has 5 nitrogen and oxygen atoms in total. The van der Waals surface area contributed by atoms with E-state index in [1.165, 1.54) is 10.9 Å². The number of hydrogen-bond acceptors (Lipinski definition) is 4. The zero-order chi connectivity index (χ0) is 14.7. The molecular weight excluding hydrogens is 264 g/mol. The Balaban J connectivity index is 1.51. The van der Waals surface area contributed by atoms with Crippen molar-refractivity contribution in [2.24, 2.45) is 0 Å². The Morgan fingerprint density at radius 1 is 1.48 bits per heavy atom. The molecule has 2 heterocycles. The fourth-order valence-corrected chi connectivity index (χ4v) is 2.85. The zero-order valence-corrected chi connectivity index (χ0v) is 12.9. The van der Waals surface area contributed by atoms with Gasteiger partial charge >= 0.3 is 0 Å². The van der Waals surface area contributed by atoms with Crippen molar-refractivity contribution in [3.63, 3.8) is 0 Å². The lowest BCUT2D eigenvalue weighted by Crippen LogP contribution is -2.44. The molecular formula is C16H24N4O. The van der Waals surface area contributed by atoms with Crippen molar-refractivity contribution in [3.8, 4) is 0 Å². The molecule has 1 fully saturated rings. The first-order valence-electron chi connectivity index (χ1n) is 7.74. The number of nitrogens with one attached hydrogen (secondary N) is 2. The lowest BCUT2D eigenvalue weighted by Gasteiger charge is -2.33. The number of rotatable bonds is 5. The van der Waals surface area contributed by atoms with Crippen LogP contribution >= 0.6 is 0 Å². The van der Waals surface area contributed by atoms with Gasteiger partial charge in [-0.25, -0.2) is 0 Å². The summed E-state index contributed by atoms with van der Waals surface area (Å²) in [6.07, 6.45) is 1.12. The van der Waals surface area contributed by atoms with E-state index in [9.17, 15) is 0 Å². The first kappa shape index (κ1) is 14.4. The fourth-order valence-electron chi connectivity index (χ4n) is 2.85. The number of morpholine rings is 1. The Morgan fingerprint density at radius 3 is 3.24 bits per heavy atom. The molecule has 2 N–H and O–H groups in total. The second kappa shape index (κ2) is 6.45. The van der Waals surface area contributed by atoms with E-state index < -0.39 is 0 Å². The molecule has 1 unspecified atom stereocenters. The van der Waals surface area contributed by atoms with E-state index in [1.807, 2.05) is 0 Å². The molecule has 2 aromatic rings. The van der Waals surface area contributed by atoms with Crippen molar-refractivity contribution in [1.82, 2.24) is 15.1 Å². The molecule has 1 aliphatic heterocycles. The molecule has 0 saturated carbocycles. The van der Waals surface area contributed by atoms with Crippen molar-refractivity contribution < 1.29 is 4.74 Å². The summed E-state index contributed by atoms with van der Waals surface area (Å²) in [5.74, 6) is 0.962. The fraction of sp³-hybridized carbons (Fsp3) is 0.562. The molecule has 1 aromatic heterocycles. The predicted molar refractivity (Wildman–Crippen MR) is 85.8 cm³/mol. The average molecular weight is 288 g/mol. The molecule has 1 saturated heterocycles. The molecule has 1 aromatic carbocycles. The molecule has 1 aliphatic rings. The quantitative estimate of drug-likeness (QED) is 0.830. The summed E-state index contributed by atoms with van der Waals surface area (Å²) in [4.78, 5) is 2.50. The van der Waals surface area contributed by atoms with Gasteiger partial charge in [0, 0.05) is 31.1 Å². The van der Waals surface area contributed by atoms with Gasteiger partial charge < -0.3 is 10.1 Å². The van der Waals surface area contributed by atoms with Crippen molar-refractivity contribution >= 4 is 16.7 Å². The molecule has 3 rings (SSSR count). The molecule has 21 heavy (non-hydrogen) atoms. The van der Waals surface area contributed by atoms with E-state index in [-0.39, 0.29) is 0 Å². The first-order valence-corrected chi connectivity index (χ1v) is 7.74. The summed E-state index contributed by atoms with van der Waals surface area (Å²) >= 11 is 0. The Kier molecular flexibility index (Phi) is 4.41. The third kappa shape index (κ3) is 3.36. The molecule has 1 atom stereocenters. The number of ether oxygens (including phenoxy) is 1. The van der Waals surface area contributed by atoms with Crippen molar-refractivity contribution in [3.05, 3.63) is 23.8 Å². The van der Waals surface area contributed by atoms with Crippen LogP contribution in [0.15, 0.2) is 18.2 Å². The average Bonchev–Trinajstić information content (AvgIpc) is 2.88. The van der Waals surface area contributed by atoms with Gasteiger partial charge in [-0.15, -0.1) is 0 Å². The van der Waals surface area contributed by atoms with E-state index in [0.717, 1.165) is 50.6 Å². The van der Waals surface area contributed by atoms with Crippen LogP contribution in [0.1, 0.15) is 18.9 Å². The number of aromatic nitrogens is 2. The lowest BCUT2D eigenvalue weighted by molar-refractivity contribution is -0.000248. The predicted octanol–water partition coefficient (Wildman–Crippen LogP) is 2.39. The topological polar surface area (TPSA) is 53.2 Å². The second-order valence-corrected chi connectivity index (χ2v) is 5.86. The summed E-state index contributed by atoms with van der Waals surface area (Å²) in [5.41, 5.74) is 2.35. The minimum atomic E-state index is 0.535. The summed E-state index contributed by atoms with van der Waals surface area (Å²) in [6.45, 7) is 9.16. The Morgan fingerprint density at radius 2 is 2.38 bits per heavy atom. The van der Waals surface area contributed by atoms with Gasteiger partial charge in [-0.3, -0.25) is 10.00 Å². The number of benzene rings is 1.